The number of amides is 1. The minimum Gasteiger partial charge on any atom is -0.480 e. The predicted molar refractivity (Wildman–Crippen MR) is 74.6 cm³/mol. The Morgan fingerprint density at radius 2 is 2.10 bits per heavy atom. The summed E-state index contributed by atoms with van der Waals surface area (Å²) in [6, 6.07) is 6.56. The quantitative estimate of drug-likeness (QED) is 0.896. The summed E-state index contributed by atoms with van der Waals surface area (Å²) in [6.45, 7) is 1.56. The number of hydrogen-bond donors (Lipinski definition) is 2. The third-order valence-electron chi connectivity index (χ3n) is 3.75. The number of rotatable bonds is 4. The van der Waals surface area contributed by atoms with Crippen molar-refractivity contribution < 1.29 is 14.7 Å². The molecule has 2 aromatic rings. The van der Waals surface area contributed by atoms with Crippen LogP contribution in [0, 0.1) is 0 Å². The highest BCUT2D eigenvalue weighted by molar-refractivity contribution is 6.00. The molecule has 5 nitrogen and oxygen atoms in total. The summed E-state index contributed by atoms with van der Waals surface area (Å²) in [6.07, 6.45) is 3.59. The Labute approximate surface area is 116 Å². The second-order valence-corrected chi connectivity index (χ2v) is 5.24. The normalized spacial score (nSPS) is 16.1. The van der Waals surface area contributed by atoms with Crippen molar-refractivity contribution in [2.45, 2.75) is 31.8 Å². The first kappa shape index (κ1) is 12.7. The molecule has 2 N–H and O–H groups in total. The highest BCUT2D eigenvalue weighted by atomic mass is 16.4. The first-order valence-corrected chi connectivity index (χ1v) is 6.70. The van der Waals surface area contributed by atoms with E-state index < -0.39 is 12.0 Å². The van der Waals surface area contributed by atoms with Crippen LogP contribution in [0.2, 0.25) is 0 Å². The fourth-order valence-corrected chi connectivity index (χ4v) is 2.47. The molecule has 5 heteroatoms. The van der Waals surface area contributed by atoms with E-state index in [0.717, 1.165) is 23.7 Å². The molecule has 1 atom stereocenters. The van der Waals surface area contributed by atoms with Crippen molar-refractivity contribution in [2.75, 3.05) is 0 Å². The van der Waals surface area contributed by atoms with Gasteiger partial charge >= 0.3 is 5.97 Å². The number of carbonyl (C=O) groups is 2. The van der Waals surface area contributed by atoms with Crippen LogP contribution in [-0.4, -0.2) is 39.0 Å². The van der Waals surface area contributed by atoms with E-state index in [1.165, 1.54) is 4.90 Å². The predicted octanol–water partition coefficient (Wildman–Crippen LogP) is 2.25. The van der Waals surface area contributed by atoms with Gasteiger partial charge in [-0.2, -0.15) is 0 Å². The molecular weight excluding hydrogens is 256 g/mol. The van der Waals surface area contributed by atoms with Crippen molar-refractivity contribution in [1.29, 1.82) is 0 Å². The monoisotopic (exact) mass is 272 g/mol. The molecule has 1 aliphatic carbocycles. The second-order valence-electron chi connectivity index (χ2n) is 5.24. The lowest BCUT2D eigenvalue weighted by Gasteiger charge is -2.26. The smallest absolute Gasteiger partial charge is 0.326 e. The van der Waals surface area contributed by atoms with Gasteiger partial charge in [-0.25, -0.2) is 4.79 Å². The summed E-state index contributed by atoms with van der Waals surface area (Å²) in [4.78, 5) is 28.3. The third kappa shape index (κ3) is 2.15. The van der Waals surface area contributed by atoms with E-state index in [4.69, 9.17) is 5.11 Å². The van der Waals surface area contributed by atoms with Crippen LogP contribution >= 0.6 is 0 Å². The number of hydrogen-bond acceptors (Lipinski definition) is 2. The number of nitrogens with zero attached hydrogens (tertiary/aromatic N) is 1. The van der Waals surface area contributed by atoms with E-state index in [9.17, 15) is 9.59 Å². The minimum absolute atomic E-state index is 0.0653. The number of benzene rings is 1. The number of H-pyrrole nitrogens is 1. The van der Waals surface area contributed by atoms with E-state index >= 15 is 0 Å². The van der Waals surface area contributed by atoms with Crippen molar-refractivity contribution in [3.05, 3.63) is 36.0 Å². The fourth-order valence-electron chi connectivity index (χ4n) is 2.47. The molecule has 0 saturated heterocycles. The summed E-state index contributed by atoms with van der Waals surface area (Å²) in [5.41, 5.74) is 1.50. The van der Waals surface area contributed by atoms with Crippen LogP contribution in [0.1, 0.15) is 30.1 Å². The molecule has 1 amide bonds. The Hall–Kier alpha value is -2.30. The topological polar surface area (TPSA) is 73.4 Å². The molecular formula is C15H16N2O3. The molecule has 0 bridgehead atoms. The summed E-state index contributed by atoms with van der Waals surface area (Å²) < 4.78 is 0. The van der Waals surface area contributed by atoms with Gasteiger partial charge in [0.25, 0.3) is 5.91 Å². The summed E-state index contributed by atoms with van der Waals surface area (Å²) in [7, 11) is 0. The average Bonchev–Trinajstić information content (AvgIpc) is 3.14. The Morgan fingerprint density at radius 3 is 2.75 bits per heavy atom. The van der Waals surface area contributed by atoms with E-state index in [1.807, 2.05) is 18.3 Å². The van der Waals surface area contributed by atoms with E-state index in [2.05, 4.69) is 4.98 Å². The van der Waals surface area contributed by atoms with Gasteiger partial charge in [0.05, 0.1) is 0 Å². The Bertz CT molecular complexity index is 673. The number of aromatic amines is 1. The number of carboxylic acid groups (broad SMARTS) is 1. The van der Waals surface area contributed by atoms with Crippen molar-refractivity contribution in [3.63, 3.8) is 0 Å². The zero-order chi connectivity index (χ0) is 14.3. The zero-order valence-corrected chi connectivity index (χ0v) is 11.2. The van der Waals surface area contributed by atoms with Crippen LogP contribution in [-0.2, 0) is 4.79 Å². The minimum atomic E-state index is -0.965. The maximum atomic E-state index is 12.6. The molecule has 1 aromatic carbocycles. The molecule has 1 aliphatic rings. The third-order valence-corrected chi connectivity index (χ3v) is 3.75. The molecule has 1 unspecified atom stereocenters. The molecule has 1 saturated carbocycles. The summed E-state index contributed by atoms with van der Waals surface area (Å²) in [5.74, 6) is -1.17. The van der Waals surface area contributed by atoms with Gasteiger partial charge in [-0.05, 0) is 44.0 Å². The summed E-state index contributed by atoms with van der Waals surface area (Å²) >= 11 is 0. The van der Waals surface area contributed by atoms with Gasteiger partial charge in [-0.3, -0.25) is 4.79 Å². The van der Waals surface area contributed by atoms with Crippen molar-refractivity contribution in [1.82, 2.24) is 9.88 Å². The highest BCUT2D eigenvalue weighted by Gasteiger charge is 2.38. The van der Waals surface area contributed by atoms with Crippen LogP contribution < -0.4 is 0 Å². The molecule has 0 aliphatic heterocycles. The Kier molecular flexibility index (Phi) is 2.97. The lowest BCUT2D eigenvalue weighted by Crippen LogP contribution is -2.44. The largest absolute Gasteiger partial charge is 0.480 e. The second kappa shape index (κ2) is 4.67. The molecule has 0 spiro atoms. The van der Waals surface area contributed by atoms with Gasteiger partial charge in [0.1, 0.15) is 6.04 Å². The average molecular weight is 272 g/mol. The lowest BCUT2D eigenvalue weighted by atomic mass is 10.1. The standard InChI is InChI=1S/C15H16N2O3/c1-9(15(19)20)17(12-3-4-12)14(18)11-2-5-13-10(8-11)6-7-16-13/h2,5-9,12,16H,3-4H2,1H3,(H,19,20). The SMILES string of the molecule is CC(C(=O)O)N(C(=O)c1ccc2[nH]ccc2c1)C1CC1. The van der Waals surface area contributed by atoms with Gasteiger partial charge in [0, 0.05) is 28.7 Å². The van der Waals surface area contributed by atoms with Crippen LogP contribution in [0.15, 0.2) is 30.5 Å². The van der Waals surface area contributed by atoms with Crippen LogP contribution in [0.25, 0.3) is 10.9 Å². The Balaban J connectivity index is 1.94. The van der Waals surface area contributed by atoms with Gasteiger partial charge in [-0.15, -0.1) is 0 Å². The number of aliphatic carboxylic acids is 1. The Morgan fingerprint density at radius 1 is 1.35 bits per heavy atom. The highest BCUT2D eigenvalue weighted by Crippen LogP contribution is 2.30. The van der Waals surface area contributed by atoms with Crippen molar-refractivity contribution >= 4 is 22.8 Å². The molecule has 1 fully saturated rings. The zero-order valence-electron chi connectivity index (χ0n) is 11.2. The van der Waals surface area contributed by atoms with Gasteiger partial charge in [0.15, 0.2) is 0 Å². The summed E-state index contributed by atoms with van der Waals surface area (Å²) in [5, 5.41) is 10.1. The number of carbonyl (C=O) groups excluding carboxylic acids is 1. The van der Waals surface area contributed by atoms with Crippen molar-refractivity contribution in [3.8, 4) is 0 Å². The number of nitrogens with one attached hydrogen (secondary N) is 1. The number of aromatic nitrogens is 1. The van der Waals surface area contributed by atoms with E-state index in [-0.39, 0.29) is 11.9 Å². The van der Waals surface area contributed by atoms with E-state index in [0.29, 0.717) is 5.56 Å². The lowest BCUT2D eigenvalue weighted by molar-refractivity contribution is -0.141. The maximum Gasteiger partial charge on any atom is 0.326 e. The molecule has 0 radical (unpaired) electrons. The van der Waals surface area contributed by atoms with Crippen LogP contribution in [0.5, 0.6) is 0 Å². The van der Waals surface area contributed by atoms with Gasteiger partial charge in [0.2, 0.25) is 0 Å². The van der Waals surface area contributed by atoms with Crippen molar-refractivity contribution in [2.24, 2.45) is 0 Å². The van der Waals surface area contributed by atoms with Gasteiger partial charge < -0.3 is 15.0 Å². The molecule has 1 aromatic heterocycles. The molecule has 104 valence electrons. The maximum absolute atomic E-state index is 12.6. The molecule has 3 rings (SSSR count). The number of carboxylic acids is 1. The van der Waals surface area contributed by atoms with E-state index in [1.54, 1.807) is 19.1 Å². The van der Waals surface area contributed by atoms with Crippen LogP contribution in [0.4, 0.5) is 0 Å². The first-order valence-electron chi connectivity index (χ1n) is 6.70. The first-order chi connectivity index (χ1) is 9.58. The fraction of sp³-hybridized carbons (Fsp3) is 0.333. The molecule has 20 heavy (non-hydrogen) atoms. The number of fused-ring (bicyclic) bond motifs is 1. The molecule has 1 heterocycles. The van der Waals surface area contributed by atoms with Gasteiger partial charge in [-0.1, -0.05) is 0 Å². The van der Waals surface area contributed by atoms with Crippen LogP contribution in [0.3, 0.4) is 0 Å².